The number of rotatable bonds is 2. The number of benzene rings is 1. The van der Waals surface area contributed by atoms with Gasteiger partial charge in [0, 0.05) is 18.0 Å². The fourth-order valence-electron chi connectivity index (χ4n) is 1.75. The molecule has 0 radical (unpaired) electrons. The smallest absolute Gasteiger partial charge is 0.175 e. The summed E-state index contributed by atoms with van der Waals surface area (Å²) in [7, 11) is -3.22. The van der Waals surface area contributed by atoms with Gasteiger partial charge in [0.15, 0.2) is 9.84 Å². The number of sulfone groups is 1. The minimum Gasteiger partial charge on any atom is -0.244 e. The number of aryl methyl sites for hydroxylation is 1. The van der Waals surface area contributed by atoms with E-state index in [0.717, 1.165) is 16.7 Å². The van der Waals surface area contributed by atoms with E-state index >= 15 is 0 Å². The van der Waals surface area contributed by atoms with Crippen molar-refractivity contribution in [1.29, 1.82) is 0 Å². The summed E-state index contributed by atoms with van der Waals surface area (Å²) in [6.07, 6.45) is 2.81. The van der Waals surface area contributed by atoms with Crippen LogP contribution in [0.3, 0.4) is 0 Å². The van der Waals surface area contributed by atoms with E-state index in [-0.39, 0.29) is 4.90 Å². The van der Waals surface area contributed by atoms with Crippen LogP contribution in [0.1, 0.15) is 5.56 Å². The van der Waals surface area contributed by atoms with Crippen LogP contribution in [0.2, 0.25) is 5.15 Å². The number of aromatic nitrogens is 1. The molecule has 0 aliphatic carbocycles. The summed E-state index contributed by atoms with van der Waals surface area (Å²) in [5.74, 6) is 0. The van der Waals surface area contributed by atoms with Crippen LogP contribution >= 0.6 is 11.6 Å². The number of hydrogen-bond donors (Lipinski definition) is 0. The number of halogens is 1. The molecule has 5 heteroatoms. The number of hydrogen-bond acceptors (Lipinski definition) is 3. The molecule has 0 bridgehead atoms. The predicted molar refractivity (Wildman–Crippen MR) is 72.5 cm³/mol. The van der Waals surface area contributed by atoms with Crippen LogP contribution in [0.15, 0.2) is 41.4 Å². The average molecular weight is 282 g/mol. The van der Waals surface area contributed by atoms with Crippen molar-refractivity contribution in [3.8, 4) is 11.1 Å². The Hall–Kier alpha value is -1.39. The molecule has 1 aromatic heterocycles. The van der Waals surface area contributed by atoms with Crippen molar-refractivity contribution < 1.29 is 8.42 Å². The molecule has 0 aliphatic rings. The molecule has 0 aliphatic heterocycles. The van der Waals surface area contributed by atoms with Gasteiger partial charge in [0.1, 0.15) is 5.15 Å². The van der Waals surface area contributed by atoms with Gasteiger partial charge in [-0.1, -0.05) is 23.7 Å². The van der Waals surface area contributed by atoms with E-state index in [1.807, 2.05) is 19.1 Å². The van der Waals surface area contributed by atoms with Gasteiger partial charge >= 0.3 is 0 Å². The molecule has 0 amide bonds. The van der Waals surface area contributed by atoms with Gasteiger partial charge in [-0.05, 0) is 36.2 Å². The molecule has 0 saturated carbocycles. The minimum absolute atomic E-state index is 0.277. The van der Waals surface area contributed by atoms with Gasteiger partial charge in [0.05, 0.1) is 4.90 Å². The minimum atomic E-state index is -3.22. The average Bonchev–Trinajstić information content (AvgIpc) is 2.28. The summed E-state index contributed by atoms with van der Waals surface area (Å²) in [4.78, 5) is 4.30. The lowest BCUT2D eigenvalue weighted by Crippen LogP contribution is -1.97. The fraction of sp³-hybridized carbons (Fsp3) is 0.154. The van der Waals surface area contributed by atoms with Gasteiger partial charge in [-0.15, -0.1) is 0 Å². The first-order valence-corrected chi connectivity index (χ1v) is 7.58. The van der Waals surface area contributed by atoms with Gasteiger partial charge in [-0.25, -0.2) is 13.4 Å². The van der Waals surface area contributed by atoms with Gasteiger partial charge in [-0.3, -0.25) is 0 Å². The molecule has 18 heavy (non-hydrogen) atoms. The van der Waals surface area contributed by atoms with Crippen LogP contribution in [-0.2, 0) is 9.84 Å². The molecule has 2 aromatic rings. The van der Waals surface area contributed by atoms with Crippen LogP contribution in [0.5, 0.6) is 0 Å². The zero-order valence-corrected chi connectivity index (χ0v) is 11.6. The lowest BCUT2D eigenvalue weighted by molar-refractivity contribution is 0.602. The Labute approximate surface area is 111 Å². The highest BCUT2D eigenvalue weighted by Gasteiger charge is 2.12. The van der Waals surface area contributed by atoms with Crippen molar-refractivity contribution in [1.82, 2.24) is 4.98 Å². The molecule has 3 nitrogen and oxygen atoms in total. The Balaban J connectivity index is 2.66. The highest BCUT2D eigenvalue weighted by molar-refractivity contribution is 7.90. The zero-order valence-electron chi connectivity index (χ0n) is 10.0. The van der Waals surface area contributed by atoms with Gasteiger partial charge in [-0.2, -0.15) is 0 Å². The maximum Gasteiger partial charge on any atom is 0.175 e. The first kappa shape index (κ1) is 13.1. The molecule has 2 rings (SSSR count). The van der Waals surface area contributed by atoms with Crippen molar-refractivity contribution in [2.75, 3.05) is 6.26 Å². The van der Waals surface area contributed by atoms with Crippen LogP contribution in [-0.4, -0.2) is 19.7 Å². The van der Waals surface area contributed by atoms with Crippen molar-refractivity contribution in [2.24, 2.45) is 0 Å². The SMILES string of the molecule is Cc1ccnc(Cl)c1-c1cccc(S(C)(=O)=O)c1. The predicted octanol–water partition coefficient (Wildman–Crippen LogP) is 3.11. The van der Waals surface area contributed by atoms with Crippen LogP contribution in [0.4, 0.5) is 0 Å². The van der Waals surface area contributed by atoms with Crippen molar-refractivity contribution >= 4 is 21.4 Å². The van der Waals surface area contributed by atoms with Crippen LogP contribution in [0, 0.1) is 6.92 Å². The summed E-state index contributed by atoms with van der Waals surface area (Å²) >= 11 is 6.07. The molecule has 1 aromatic carbocycles. The largest absolute Gasteiger partial charge is 0.244 e. The Morgan fingerprint density at radius 3 is 2.56 bits per heavy atom. The Kier molecular flexibility index (Phi) is 3.41. The van der Waals surface area contributed by atoms with Gasteiger partial charge in [0.2, 0.25) is 0 Å². The van der Waals surface area contributed by atoms with Crippen molar-refractivity contribution in [3.05, 3.63) is 47.2 Å². The Bertz CT molecular complexity index is 676. The number of nitrogens with zero attached hydrogens (tertiary/aromatic N) is 1. The second kappa shape index (κ2) is 4.71. The topological polar surface area (TPSA) is 47.0 Å². The monoisotopic (exact) mass is 281 g/mol. The lowest BCUT2D eigenvalue weighted by atomic mass is 10.0. The molecule has 0 saturated heterocycles. The molecule has 0 spiro atoms. The standard InChI is InChI=1S/C13H12ClNO2S/c1-9-6-7-15-13(14)12(9)10-4-3-5-11(8-10)18(2,16)17/h3-8H,1-2H3. The summed E-state index contributed by atoms with van der Waals surface area (Å²) in [5, 5.41) is 0.376. The van der Waals surface area contributed by atoms with E-state index in [9.17, 15) is 8.42 Å². The third kappa shape index (κ3) is 2.54. The quantitative estimate of drug-likeness (QED) is 0.795. The molecule has 1 heterocycles. The maximum atomic E-state index is 11.5. The molecule has 94 valence electrons. The lowest BCUT2D eigenvalue weighted by Gasteiger charge is -2.08. The second-order valence-electron chi connectivity index (χ2n) is 4.09. The molecule has 0 atom stereocenters. The summed E-state index contributed by atoms with van der Waals surface area (Å²) < 4.78 is 23.1. The zero-order chi connectivity index (χ0) is 13.3. The van der Waals surface area contributed by atoms with Gasteiger partial charge in [0.25, 0.3) is 0 Å². The first-order chi connectivity index (χ1) is 8.39. The molecule has 0 fully saturated rings. The molecular weight excluding hydrogens is 270 g/mol. The molecular formula is C13H12ClNO2S. The first-order valence-electron chi connectivity index (χ1n) is 5.31. The molecule has 0 N–H and O–H groups in total. The van der Waals surface area contributed by atoms with E-state index in [1.165, 1.54) is 6.26 Å². The summed E-state index contributed by atoms with van der Waals surface area (Å²) in [5.41, 5.74) is 2.49. The van der Waals surface area contributed by atoms with Crippen LogP contribution in [0.25, 0.3) is 11.1 Å². The normalized spacial score (nSPS) is 11.5. The molecule has 0 unspecified atom stereocenters. The third-order valence-corrected chi connectivity index (χ3v) is 4.06. The number of pyridine rings is 1. The van der Waals surface area contributed by atoms with E-state index in [4.69, 9.17) is 11.6 Å². The van der Waals surface area contributed by atoms with E-state index in [1.54, 1.807) is 24.4 Å². The summed E-state index contributed by atoms with van der Waals surface area (Å²) in [6.45, 7) is 1.91. The van der Waals surface area contributed by atoms with Crippen LogP contribution < -0.4 is 0 Å². The fourth-order valence-corrected chi connectivity index (χ4v) is 2.74. The van der Waals surface area contributed by atoms with E-state index in [2.05, 4.69) is 4.98 Å². The van der Waals surface area contributed by atoms with Crippen molar-refractivity contribution in [3.63, 3.8) is 0 Å². The van der Waals surface area contributed by atoms with Crippen molar-refractivity contribution in [2.45, 2.75) is 11.8 Å². The Morgan fingerprint density at radius 1 is 1.22 bits per heavy atom. The Morgan fingerprint density at radius 2 is 1.94 bits per heavy atom. The third-order valence-electron chi connectivity index (χ3n) is 2.66. The second-order valence-corrected chi connectivity index (χ2v) is 6.47. The maximum absolute atomic E-state index is 11.5. The summed E-state index contributed by atoms with van der Waals surface area (Å²) in [6, 6.07) is 8.55. The van der Waals surface area contributed by atoms with E-state index < -0.39 is 9.84 Å². The highest BCUT2D eigenvalue weighted by atomic mass is 35.5. The van der Waals surface area contributed by atoms with E-state index in [0.29, 0.717) is 5.15 Å². The van der Waals surface area contributed by atoms with Gasteiger partial charge < -0.3 is 0 Å². The highest BCUT2D eigenvalue weighted by Crippen LogP contribution is 2.30.